The zero-order valence-electron chi connectivity index (χ0n) is 9.55. The molecule has 1 amide bonds. The minimum atomic E-state index is 0.129. The van der Waals surface area contributed by atoms with Crippen molar-refractivity contribution in [2.45, 2.75) is 39.7 Å². The SMILES string of the molecule is CCN(C(=O)C(C)C)C1CCNCC1. The van der Waals surface area contributed by atoms with Crippen LogP contribution in [0.5, 0.6) is 0 Å². The van der Waals surface area contributed by atoms with Crippen molar-refractivity contribution >= 4 is 5.91 Å². The summed E-state index contributed by atoms with van der Waals surface area (Å²) in [5, 5.41) is 3.32. The van der Waals surface area contributed by atoms with Gasteiger partial charge in [0.15, 0.2) is 0 Å². The van der Waals surface area contributed by atoms with E-state index in [0.717, 1.165) is 32.5 Å². The molecular weight excluding hydrogens is 176 g/mol. The van der Waals surface area contributed by atoms with Crippen molar-refractivity contribution in [3.8, 4) is 0 Å². The normalized spacial score (nSPS) is 18.6. The number of piperidine rings is 1. The van der Waals surface area contributed by atoms with E-state index >= 15 is 0 Å². The van der Waals surface area contributed by atoms with Gasteiger partial charge in [-0.2, -0.15) is 0 Å². The maximum absolute atomic E-state index is 11.9. The van der Waals surface area contributed by atoms with Gasteiger partial charge in [0, 0.05) is 18.5 Å². The van der Waals surface area contributed by atoms with Crippen LogP contribution in [0.15, 0.2) is 0 Å². The van der Waals surface area contributed by atoms with Crippen LogP contribution in [-0.4, -0.2) is 36.5 Å². The van der Waals surface area contributed by atoms with Crippen LogP contribution in [0.1, 0.15) is 33.6 Å². The van der Waals surface area contributed by atoms with Gasteiger partial charge in [0.2, 0.25) is 5.91 Å². The lowest BCUT2D eigenvalue weighted by Crippen LogP contribution is -2.47. The van der Waals surface area contributed by atoms with Crippen LogP contribution >= 0.6 is 0 Å². The average molecular weight is 198 g/mol. The number of amides is 1. The van der Waals surface area contributed by atoms with Gasteiger partial charge in [-0.1, -0.05) is 13.8 Å². The summed E-state index contributed by atoms with van der Waals surface area (Å²) in [5.74, 6) is 0.434. The summed E-state index contributed by atoms with van der Waals surface area (Å²) >= 11 is 0. The van der Waals surface area contributed by atoms with E-state index in [4.69, 9.17) is 0 Å². The van der Waals surface area contributed by atoms with Crippen LogP contribution in [0.2, 0.25) is 0 Å². The van der Waals surface area contributed by atoms with Gasteiger partial charge < -0.3 is 10.2 Å². The van der Waals surface area contributed by atoms with Crippen molar-refractivity contribution in [1.82, 2.24) is 10.2 Å². The second-order valence-electron chi connectivity index (χ2n) is 4.26. The number of hydrogen-bond acceptors (Lipinski definition) is 2. The largest absolute Gasteiger partial charge is 0.340 e. The Bertz CT molecular complexity index is 186. The molecule has 0 aliphatic carbocycles. The van der Waals surface area contributed by atoms with Crippen LogP contribution in [0.4, 0.5) is 0 Å². The summed E-state index contributed by atoms with van der Waals surface area (Å²) in [4.78, 5) is 13.9. The Balaban J connectivity index is 2.55. The lowest BCUT2D eigenvalue weighted by molar-refractivity contribution is -0.137. The van der Waals surface area contributed by atoms with E-state index in [1.807, 2.05) is 18.7 Å². The van der Waals surface area contributed by atoms with E-state index < -0.39 is 0 Å². The molecule has 0 aromatic carbocycles. The standard InChI is InChI=1S/C11H22N2O/c1-4-13(11(14)9(2)3)10-5-7-12-8-6-10/h9-10,12H,4-8H2,1-3H3. The Labute approximate surface area is 86.9 Å². The third-order valence-electron chi connectivity index (χ3n) is 2.87. The van der Waals surface area contributed by atoms with Crippen molar-refractivity contribution in [3.63, 3.8) is 0 Å². The predicted octanol–water partition coefficient (Wildman–Crippen LogP) is 1.24. The van der Waals surface area contributed by atoms with Crippen LogP contribution < -0.4 is 5.32 Å². The van der Waals surface area contributed by atoms with E-state index in [-0.39, 0.29) is 5.92 Å². The molecule has 1 aliphatic heterocycles. The van der Waals surface area contributed by atoms with Gasteiger partial charge in [0.25, 0.3) is 0 Å². The average Bonchev–Trinajstić information content (AvgIpc) is 2.20. The Kier molecular flexibility index (Phi) is 4.39. The van der Waals surface area contributed by atoms with E-state index in [0.29, 0.717) is 11.9 Å². The van der Waals surface area contributed by atoms with E-state index in [1.54, 1.807) is 0 Å². The summed E-state index contributed by atoms with van der Waals surface area (Å²) in [6.07, 6.45) is 2.21. The zero-order chi connectivity index (χ0) is 10.6. The Morgan fingerprint density at radius 2 is 2.00 bits per heavy atom. The number of nitrogens with one attached hydrogen (secondary N) is 1. The minimum absolute atomic E-state index is 0.129. The summed E-state index contributed by atoms with van der Waals surface area (Å²) in [5.41, 5.74) is 0. The molecule has 0 aromatic heterocycles. The summed E-state index contributed by atoms with van der Waals surface area (Å²) in [6.45, 7) is 8.97. The molecule has 14 heavy (non-hydrogen) atoms. The molecule has 3 nitrogen and oxygen atoms in total. The molecular formula is C11H22N2O. The van der Waals surface area contributed by atoms with Gasteiger partial charge >= 0.3 is 0 Å². The monoisotopic (exact) mass is 198 g/mol. The van der Waals surface area contributed by atoms with Crippen LogP contribution in [0.3, 0.4) is 0 Å². The summed E-state index contributed by atoms with van der Waals surface area (Å²) in [7, 11) is 0. The third kappa shape index (κ3) is 2.71. The van der Waals surface area contributed by atoms with Gasteiger partial charge in [-0.25, -0.2) is 0 Å². The van der Waals surface area contributed by atoms with Crippen molar-refractivity contribution in [1.29, 1.82) is 0 Å². The number of carbonyl (C=O) groups excluding carboxylic acids is 1. The molecule has 0 atom stereocenters. The third-order valence-corrected chi connectivity index (χ3v) is 2.87. The molecule has 3 heteroatoms. The molecule has 1 heterocycles. The molecule has 1 aliphatic rings. The van der Waals surface area contributed by atoms with Gasteiger partial charge in [0.05, 0.1) is 0 Å². The van der Waals surface area contributed by atoms with E-state index in [1.165, 1.54) is 0 Å². The second kappa shape index (κ2) is 5.35. The Morgan fingerprint density at radius 1 is 1.43 bits per heavy atom. The first-order valence-electron chi connectivity index (χ1n) is 5.68. The highest BCUT2D eigenvalue weighted by Gasteiger charge is 2.25. The lowest BCUT2D eigenvalue weighted by Gasteiger charge is -2.35. The smallest absolute Gasteiger partial charge is 0.225 e. The second-order valence-corrected chi connectivity index (χ2v) is 4.26. The van der Waals surface area contributed by atoms with E-state index in [2.05, 4.69) is 12.2 Å². The fourth-order valence-corrected chi connectivity index (χ4v) is 2.04. The van der Waals surface area contributed by atoms with Crippen molar-refractivity contribution in [3.05, 3.63) is 0 Å². The van der Waals surface area contributed by atoms with Gasteiger partial charge in [-0.15, -0.1) is 0 Å². The van der Waals surface area contributed by atoms with Gasteiger partial charge in [-0.05, 0) is 32.9 Å². The van der Waals surface area contributed by atoms with Gasteiger partial charge in [0.1, 0.15) is 0 Å². The first kappa shape index (κ1) is 11.5. The quantitative estimate of drug-likeness (QED) is 0.740. The molecule has 0 saturated carbocycles. The first-order chi connectivity index (χ1) is 6.66. The highest BCUT2D eigenvalue weighted by Crippen LogP contribution is 2.14. The van der Waals surface area contributed by atoms with Gasteiger partial charge in [-0.3, -0.25) is 4.79 Å². The molecule has 0 spiro atoms. The fourth-order valence-electron chi connectivity index (χ4n) is 2.04. The molecule has 1 rings (SSSR count). The molecule has 1 fully saturated rings. The molecule has 0 unspecified atom stereocenters. The predicted molar refractivity (Wildman–Crippen MR) is 58.1 cm³/mol. The highest BCUT2D eigenvalue weighted by molar-refractivity contribution is 5.78. The fraction of sp³-hybridized carbons (Fsp3) is 0.909. The van der Waals surface area contributed by atoms with Crippen LogP contribution in [0.25, 0.3) is 0 Å². The number of rotatable bonds is 3. The molecule has 0 radical (unpaired) electrons. The molecule has 0 aromatic rings. The molecule has 82 valence electrons. The number of carbonyl (C=O) groups is 1. The summed E-state index contributed by atoms with van der Waals surface area (Å²) < 4.78 is 0. The van der Waals surface area contributed by atoms with Crippen molar-refractivity contribution in [2.24, 2.45) is 5.92 Å². The number of nitrogens with zero attached hydrogens (tertiary/aromatic N) is 1. The van der Waals surface area contributed by atoms with Crippen LogP contribution in [-0.2, 0) is 4.79 Å². The minimum Gasteiger partial charge on any atom is -0.340 e. The first-order valence-corrected chi connectivity index (χ1v) is 5.68. The number of hydrogen-bond donors (Lipinski definition) is 1. The van der Waals surface area contributed by atoms with Crippen molar-refractivity contribution < 1.29 is 4.79 Å². The topological polar surface area (TPSA) is 32.3 Å². The summed E-state index contributed by atoms with van der Waals surface area (Å²) in [6, 6.07) is 0.469. The lowest BCUT2D eigenvalue weighted by atomic mass is 10.0. The zero-order valence-corrected chi connectivity index (χ0v) is 9.55. The Hall–Kier alpha value is -0.570. The Morgan fingerprint density at radius 3 is 2.43 bits per heavy atom. The molecule has 1 N–H and O–H groups in total. The highest BCUT2D eigenvalue weighted by atomic mass is 16.2. The maximum Gasteiger partial charge on any atom is 0.225 e. The molecule has 1 saturated heterocycles. The van der Waals surface area contributed by atoms with Crippen molar-refractivity contribution in [2.75, 3.05) is 19.6 Å². The van der Waals surface area contributed by atoms with E-state index in [9.17, 15) is 4.79 Å². The maximum atomic E-state index is 11.9. The molecule has 0 bridgehead atoms. The van der Waals surface area contributed by atoms with Crippen LogP contribution in [0, 0.1) is 5.92 Å².